The lowest BCUT2D eigenvalue weighted by Crippen LogP contribution is -2.34. The first kappa shape index (κ1) is 11.7. The Hall–Kier alpha value is -1.42. The van der Waals surface area contributed by atoms with Gasteiger partial charge in [0.15, 0.2) is 0 Å². The van der Waals surface area contributed by atoms with Gasteiger partial charge in [-0.3, -0.25) is 9.78 Å². The molecular formula is C11H17N3O. The maximum atomic E-state index is 11.2. The SMILES string of the molecule is CCNC(=O)CN[C@@H](C)c1cccnc1. The molecule has 1 heterocycles. The summed E-state index contributed by atoms with van der Waals surface area (Å²) in [5, 5.41) is 5.87. The van der Waals surface area contributed by atoms with Gasteiger partial charge in [0.25, 0.3) is 0 Å². The van der Waals surface area contributed by atoms with E-state index in [-0.39, 0.29) is 11.9 Å². The molecule has 4 nitrogen and oxygen atoms in total. The molecule has 0 aliphatic heterocycles. The number of rotatable bonds is 5. The van der Waals surface area contributed by atoms with E-state index in [9.17, 15) is 4.79 Å². The smallest absolute Gasteiger partial charge is 0.233 e. The molecule has 1 amide bonds. The zero-order valence-corrected chi connectivity index (χ0v) is 9.16. The van der Waals surface area contributed by atoms with Crippen molar-refractivity contribution in [1.82, 2.24) is 15.6 Å². The normalized spacial score (nSPS) is 12.1. The van der Waals surface area contributed by atoms with Crippen molar-refractivity contribution >= 4 is 5.91 Å². The molecule has 2 N–H and O–H groups in total. The summed E-state index contributed by atoms with van der Waals surface area (Å²) in [7, 11) is 0. The first-order valence-electron chi connectivity index (χ1n) is 5.14. The summed E-state index contributed by atoms with van der Waals surface area (Å²) in [6.45, 7) is 4.92. The Balaban J connectivity index is 2.37. The summed E-state index contributed by atoms with van der Waals surface area (Å²) in [5.74, 6) is 0.0215. The van der Waals surface area contributed by atoms with Gasteiger partial charge in [0, 0.05) is 25.0 Å². The maximum Gasteiger partial charge on any atom is 0.233 e. The molecule has 0 unspecified atom stereocenters. The number of aromatic nitrogens is 1. The van der Waals surface area contributed by atoms with Crippen LogP contribution in [0.3, 0.4) is 0 Å². The minimum Gasteiger partial charge on any atom is -0.355 e. The Labute approximate surface area is 90.1 Å². The largest absolute Gasteiger partial charge is 0.355 e. The first-order valence-corrected chi connectivity index (χ1v) is 5.14. The molecule has 0 aliphatic carbocycles. The molecule has 82 valence electrons. The van der Waals surface area contributed by atoms with Gasteiger partial charge in [-0.25, -0.2) is 0 Å². The quantitative estimate of drug-likeness (QED) is 0.753. The Morgan fingerprint density at radius 3 is 3.00 bits per heavy atom. The van der Waals surface area contributed by atoms with Crippen molar-refractivity contribution in [1.29, 1.82) is 0 Å². The number of carbonyl (C=O) groups excluding carboxylic acids is 1. The van der Waals surface area contributed by atoms with Gasteiger partial charge in [0.2, 0.25) is 5.91 Å². The summed E-state index contributed by atoms with van der Waals surface area (Å²) >= 11 is 0. The third kappa shape index (κ3) is 4.08. The fourth-order valence-corrected chi connectivity index (χ4v) is 1.26. The Kier molecular flexibility index (Phi) is 4.77. The highest BCUT2D eigenvalue weighted by Crippen LogP contribution is 2.08. The number of likely N-dealkylation sites (N-methyl/N-ethyl adjacent to an activating group) is 1. The molecule has 0 saturated carbocycles. The van der Waals surface area contributed by atoms with Crippen LogP contribution in [0.2, 0.25) is 0 Å². The molecule has 0 radical (unpaired) electrons. The monoisotopic (exact) mass is 207 g/mol. The minimum atomic E-state index is 0.0215. The Morgan fingerprint density at radius 2 is 2.40 bits per heavy atom. The van der Waals surface area contributed by atoms with Crippen molar-refractivity contribution < 1.29 is 4.79 Å². The highest BCUT2D eigenvalue weighted by atomic mass is 16.1. The lowest BCUT2D eigenvalue weighted by Gasteiger charge is -2.13. The second-order valence-corrected chi connectivity index (χ2v) is 3.34. The third-order valence-electron chi connectivity index (χ3n) is 2.13. The topological polar surface area (TPSA) is 54.0 Å². The van der Waals surface area contributed by atoms with Crippen LogP contribution in [0.1, 0.15) is 25.5 Å². The van der Waals surface area contributed by atoms with E-state index in [2.05, 4.69) is 15.6 Å². The minimum absolute atomic E-state index is 0.0215. The summed E-state index contributed by atoms with van der Waals surface area (Å²) in [4.78, 5) is 15.2. The van der Waals surface area contributed by atoms with Gasteiger partial charge in [-0.2, -0.15) is 0 Å². The summed E-state index contributed by atoms with van der Waals surface area (Å²) < 4.78 is 0. The van der Waals surface area contributed by atoms with Crippen LogP contribution in [0.4, 0.5) is 0 Å². The molecular weight excluding hydrogens is 190 g/mol. The van der Waals surface area contributed by atoms with E-state index in [1.165, 1.54) is 0 Å². The van der Waals surface area contributed by atoms with Gasteiger partial charge in [-0.1, -0.05) is 6.07 Å². The number of nitrogens with zero attached hydrogens (tertiary/aromatic N) is 1. The van der Waals surface area contributed by atoms with E-state index in [1.807, 2.05) is 26.0 Å². The van der Waals surface area contributed by atoms with Gasteiger partial charge in [-0.05, 0) is 25.5 Å². The molecule has 1 aromatic heterocycles. The van der Waals surface area contributed by atoms with Crippen molar-refractivity contribution in [2.24, 2.45) is 0 Å². The van der Waals surface area contributed by atoms with Crippen LogP contribution in [-0.4, -0.2) is 24.0 Å². The molecule has 1 rings (SSSR count). The molecule has 0 spiro atoms. The Bertz CT molecular complexity index is 300. The molecule has 0 fully saturated rings. The summed E-state index contributed by atoms with van der Waals surface area (Å²) in [6.07, 6.45) is 3.54. The van der Waals surface area contributed by atoms with Crippen molar-refractivity contribution in [3.8, 4) is 0 Å². The van der Waals surface area contributed by atoms with E-state index in [4.69, 9.17) is 0 Å². The van der Waals surface area contributed by atoms with Gasteiger partial charge in [0.1, 0.15) is 0 Å². The first-order chi connectivity index (χ1) is 7.24. The molecule has 0 aliphatic rings. The predicted octanol–water partition coefficient (Wildman–Crippen LogP) is 0.868. The zero-order valence-electron chi connectivity index (χ0n) is 9.16. The van der Waals surface area contributed by atoms with Gasteiger partial charge in [-0.15, -0.1) is 0 Å². The van der Waals surface area contributed by atoms with E-state index >= 15 is 0 Å². The van der Waals surface area contributed by atoms with Gasteiger partial charge >= 0.3 is 0 Å². The second-order valence-electron chi connectivity index (χ2n) is 3.34. The van der Waals surface area contributed by atoms with E-state index in [1.54, 1.807) is 12.4 Å². The highest BCUT2D eigenvalue weighted by molar-refractivity contribution is 5.77. The number of carbonyl (C=O) groups is 1. The van der Waals surface area contributed by atoms with Crippen molar-refractivity contribution in [3.63, 3.8) is 0 Å². The Morgan fingerprint density at radius 1 is 1.60 bits per heavy atom. The van der Waals surface area contributed by atoms with Crippen molar-refractivity contribution in [2.75, 3.05) is 13.1 Å². The third-order valence-corrected chi connectivity index (χ3v) is 2.13. The molecule has 4 heteroatoms. The molecule has 0 aromatic carbocycles. The van der Waals surface area contributed by atoms with Crippen LogP contribution < -0.4 is 10.6 Å². The van der Waals surface area contributed by atoms with Crippen molar-refractivity contribution in [3.05, 3.63) is 30.1 Å². The van der Waals surface area contributed by atoms with Crippen LogP contribution in [0.15, 0.2) is 24.5 Å². The number of hydrogen-bond donors (Lipinski definition) is 2. The highest BCUT2D eigenvalue weighted by Gasteiger charge is 2.06. The lowest BCUT2D eigenvalue weighted by atomic mass is 10.1. The van der Waals surface area contributed by atoms with Crippen LogP contribution >= 0.6 is 0 Å². The van der Waals surface area contributed by atoms with Crippen LogP contribution in [0.25, 0.3) is 0 Å². The van der Waals surface area contributed by atoms with E-state index in [0.717, 1.165) is 5.56 Å². The van der Waals surface area contributed by atoms with Gasteiger partial charge < -0.3 is 10.6 Å². The zero-order chi connectivity index (χ0) is 11.1. The van der Waals surface area contributed by atoms with E-state index < -0.39 is 0 Å². The van der Waals surface area contributed by atoms with Crippen LogP contribution in [0.5, 0.6) is 0 Å². The second kappa shape index (κ2) is 6.14. The number of nitrogens with one attached hydrogen (secondary N) is 2. The molecule has 0 bridgehead atoms. The number of pyridine rings is 1. The fourth-order valence-electron chi connectivity index (χ4n) is 1.26. The molecule has 15 heavy (non-hydrogen) atoms. The van der Waals surface area contributed by atoms with Crippen molar-refractivity contribution in [2.45, 2.75) is 19.9 Å². The van der Waals surface area contributed by atoms with E-state index in [0.29, 0.717) is 13.1 Å². The van der Waals surface area contributed by atoms with Crippen LogP contribution in [-0.2, 0) is 4.79 Å². The predicted molar refractivity (Wildman–Crippen MR) is 59.3 cm³/mol. The maximum absolute atomic E-state index is 11.2. The average Bonchev–Trinajstić information content (AvgIpc) is 2.27. The summed E-state index contributed by atoms with van der Waals surface area (Å²) in [5.41, 5.74) is 1.08. The number of amides is 1. The average molecular weight is 207 g/mol. The molecule has 0 saturated heterocycles. The fraction of sp³-hybridized carbons (Fsp3) is 0.455. The van der Waals surface area contributed by atoms with Crippen LogP contribution in [0, 0.1) is 0 Å². The number of hydrogen-bond acceptors (Lipinski definition) is 3. The summed E-state index contributed by atoms with van der Waals surface area (Å²) in [6, 6.07) is 4.02. The molecule has 1 atom stereocenters. The molecule has 1 aromatic rings. The van der Waals surface area contributed by atoms with Gasteiger partial charge in [0.05, 0.1) is 6.54 Å². The standard InChI is InChI=1S/C11H17N3O/c1-3-13-11(15)8-14-9(2)10-5-4-6-12-7-10/h4-7,9,14H,3,8H2,1-2H3,(H,13,15)/t9-/m0/s1. The lowest BCUT2D eigenvalue weighted by molar-refractivity contribution is -0.120.